The van der Waals surface area contributed by atoms with Crippen molar-refractivity contribution < 1.29 is 18.8 Å². The monoisotopic (exact) mass is 410 g/mol. The number of thiophene rings is 1. The van der Waals surface area contributed by atoms with Crippen LogP contribution in [0.3, 0.4) is 0 Å². The zero-order valence-electron chi connectivity index (χ0n) is 15.9. The van der Waals surface area contributed by atoms with Gasteiger partial charge < -0.3 is 9.26 Å². The van der Waals surface area contributed by atoms with E-state index >= 15 is 0 Å². The van der Waals surface area contributed by atoms with Gasteiger partial charge in [-0.25, -0.2) is 4.79 Å². The van der Waals surface area contributed by atoms with Crippen LogP contribution in [-0.4, -0.2) is 27.7 Å². The van der Waals surface area contributed by atoms with Gasteiger partial charge in [0, 0.05) is 23.8 Å². The summed E-state index contributed by atoms with van der Waals surface area (Å²) in [5, 5.41) is 13.2. The second-order valence-electron chi connectivity index (χ2n) is 6.64. The zero-order valence-corrected chi connectivity index (χ0v) is 16.7. The van der Waals surface area contributed by atoms with E-state index in [0.29, 0.717) is 11.5 Å². The summed E-state index contributed by atoms with van der Waals surface area (Å²) in [5.74, 6) is -0.131. The number of hydrazone groups is 1. The Kier molecular flexibility index (Phi) is 5.22. The summed E-state index contributed by atoms with van der Waals surface area (Å²) >= 11 is 1.53. The fraction of sp³-hybridized carbons (Fsp3) is 0.250. The van der Waals surface area contributed by atoms with Crippen LogP contribution in [0.15, 0.2) is 44.7 Å². The average molecular weight is 410 g/mol. The third-order valence-electron chi connectivity index (χ3n) is 4.44. The first-order valence-electron chi connectivity index (χ1n) is 9.01. The minimum atomic E-state index is -0.608. The second-order valence-corrected chi connectivity index (χ2v) is 7.42. The number of benzene rings is 1. The lowest BCUT2D eigenvalue weighted by Gasteiger charge is -2.24. The molecule has 0 unspecified atom stereocenters. The first-order valence-corrected chi connectivity index (χ1v) is 9.95. The highest BCUT2D eigenvalue weighted by Gasteiger charge is 2.27. The molecule has 3 heterocycles. The van der Waals surface area contributed by atoms with Crippen LogP contribution in [0.4, 0.5) is 5.69 Å². The molecular formula is C20H18N4O4S. The SMILES string of the molecule is Cc1ccc(C)c(N2N=C(C(=O)OCc3nc(-c4ccsc4)no3)CCC2=O)c1. The molecule has 1 aliphatic heterocycles. The van der Waals surface area contributed by atoms with E-state index in [4.69, 9.17) is 9.26 Å². The van der Waals surface area contributed by atoms with Crippen molar-refractivity contribution in [3.8, 4) is 11.4 Å². The van der Waals surface area contributed by atoms with E-state index in [0.717, 1.165) is 16.7 Å². The van der Waals surface area contributed by atoms with Crippen molar-refractivity contribution in [3.05, 3.63) is 52.0 Å². The first kappa shape index (κ1) is 19.0. The fourth-order valence-corrected chi connectivity index (χ4v) is 3.50. The van der Waals surface area contributed by atoms with Gasteiger partial charge in [0.2, 0.25) is 11.7 Å². The third kappa shape index (κ3) is 4.09. The molecule has 0 radical (unpaired) electrons. The summed E-state index contributed by atoms with van der Waals surface area (Å²) in [6, 6.07) is 7.62. The standard InChI is InChI=1S/C20H18N4O4S/c1-12-3-4-13(2)16(9-12)24-18(25)6-5-15(22-24)20(26)27-10-17-21-19(23-28-17)14-7-8-29-11-14/h3-4,7-9,11H,5-6,10H2,1-2H3. The van der Waals surface area contributed by atoms with Gasteiger partial charge in [0.25, 0.3) is 5.89 Å². The number of ether oxygens (including phenoxy) is 1. The minimum Gasteiger partial charge on any atom is -0.451 e. The number of amides is 1. The predicted octanol–water partition coefficient (Wildman–Crippen LogP) is 3.64. The predicted molar refractivity (Wildman–Crippen MR) is 107 cm³/mol. The van der Waals surface area contributed by atoms with Gasteiger partial charge in [-0.05, 0) is 42.5 Å². The summed E-state index contributed by atoms with van der Waals surface area (Å²) in [5.41, 5.74) is 3.59. The van der Waals surface area contributed by atoms with Crippen LogP contribution >= 0.6 is 11.3 Å². The van der Waals surface area contributed by atoms with Crippen molar-refractivity contribution in [2.75, 3.05) is 5.01 Å². The maximum Gasteiger partial charge on any atom is 0.355 e. The van der Waals surface area contributed by atoms with E-state index in [1.54, 1.807) is 0 Å². The van der Waals surface area contributed by atoms with Crippen LogP contribution in [0.2, 0.25) is 0 Å². The zero-order chi connectivity index (χ0) is 20.4. The van der Waals surface area contributed by atoms with E-state index in [1.165, 1.54) is 16.3 Å². The molecule has 0 saturated heterocycles. The summed E-state index contributed by atoms with van der Waals surface area (Å²) in [6.07, 6.45) is 0.410. The van der Waals surface area contributed by atoms with Crippen molar-refractivity contribution in [3.63, 3.8) is 0 Å². The number of esters is 1. The van der Waals surface area contributed by atoms with Gasteiger partial charge in [0.15, 0.2) is 6.61 Å². The number of rotatable bonds is 5. The van der Waals surface area contributed by atoms with Gasteiger partial charge in [-0.15, -0.1) is 0 Å². The molecule has 3 aromatic rings. The van der Waals surface area contributed by atoms with Crippen LogP contribution in [0.25, 0.3) is 11.4 Å². The number of aryl methyl sites for hydroxylation is 2. The van der Waals surface area contributed by atoms with E-state index in [1.807, 2.05) is 48.9 Å². The van der Waals surface area contributed by atoms with E-state index in [9.17, 15) is 9.59 Å². The number of carbonyl (C=O) groups excluding carboxylic acids is 2. The summed E-state index contributed by atoms with van der Waals surface area (Å²) in [4.78, 5) is 29.0. The molecular weight excluding hydrogens is 392 g/mol. The molecule has 29 heavy (non-hydrogen) atoms. The molecule has 1 aromatic carbocycles. The molecule has 0 bridgehead atoms. The highest BCUT2D eigenvalue weighted by molar-refractivity contribution is 7.08. The summed E-state index contributed by atoms with van der Waals surface area (Å²) in [6.45, 7) is 3.67. The Labute approximate surface area is 170 Å². The quantitative estimate of drug-likeness (QED) is 0.596. The lowest BCUT2D eigenvalue weighted by Crippen LogP contribution is -2.35. The van der Waals surface area contributed by atoms with Crippen LogP contribution in [0, 0.1) is 13.8 Å². The highest BCUT2D eigenvalue weighted by Crippen LogP contribution is 2.26. The molecule has 8 nitrogen and oxygen atoms in total. The largest absolute Gasteiger partial charge is 0.451 e. The number of hydrogen-bond donors (Lipinski definition) is 0. The van der Waals surface area contributed by atoms with Crippen molar-refractivity contribution in [1.29, 1.82) is 0 Å². The normalized spacial score (nSPS) is 14.1. The van der Waals surface area contributed by atoms with Crippen molar-refractivity contribution >= 4 is 34.6 Å². The maximum absolute atomic E-state index is 12.5. The summed E-state index contributed by atoms with van der Waals surface area (Å²) < 4.78 is 10.4. The van der Waals surface area contributed by atoms with Gasteiger partial charge >= 0.3 is 5.97 Å². The van der Waals surface area contributed by atoms with Crippen molar-refractivity contribution in [2.45, 2.75) is 33.3 Å². The first-order chi connectivity index (χ1) is 14.0. The maximum atomic E-state index is 12.5. The Bertz CT molecular complexity index is 1090. The molecule has 2 aromatic heterocycles. The van der Waals surface area contributed by atoms with Crippen LogP contribution in [-0.2, 0) is 20.9 Å². The molecule has 0 spiro atoms. The smallest absolute Gasteiger partial charge is 0.355 e. The lowest BCUT2D eigenvalue weighted by atomic mass is 10.1. The number of carbonyl (C=O) groups is 2. The Hall–Kier alpha value is -3.33. The Morgan fingerprint density at radius 3 is 2.93 bits per heavy atom. The summed E-state index contributed by atoms with van der Waals surface area (Å²) in [7, 11) is 0. The Morgan fingerprint density at radius 2 is 2.14 bits per heavy atom. The van der Waals surface area contributed by atoms with Crippen LogP contribution in [0.1, 0.15) is 29.9 Å². The third-order valence-corrected chi connectivity index (χ3v) is 5.12. The van der Waals surface area contributed by atoms with E-state index in [-0.39, 0.29) is 37.0 Å². The molecule has 4 rings (SSSR count). The lowest BCUT2D eigenvalue weighted by molar-refractivity contribution is -0.137. The van der Waals surface area contributed by atoms with Crippen LogP contribution in [0.5, 0.6) is 0 Å². The number of nitrogens with zero attached hydrogens (tertiary/aromatic N) is 4. The van der Waals surface area contributed by atoms with Gasteiger partial charge in [-0.3, -0.25) is 4.79 Å². The van der Waals surface area contributed by atoms with Crippen molar-refractivity contribution in [1.82, 2.24) is 10.1 Å². The molecule has 0 aliphatic carbocycles. The molecule has 0 atom stereocenters. The van der Waals surface area contributed by atoms with E-state index < -0.39 is 5.97 Å². The molecule has 0 saturated carbocycles. The number of aromatic nitrogens is 2. The van der Waals surface area contributed by atoms with Crippen LogP contribution < -0.4 is 5.01 Å². The minimum absolute atomic E-state index is 0.160. The molecule has 148 valence electrons. The van der Waals surface area contributed by atoms with Gasteiger partial charge in [0.1, 0.15) is 5.71 Å². The number of anilines is 1. The Morgan fingerprint density at radius 1 is 1.28 bits per heavy atom. The second kappa shape index (κ2) is 7.96. The Balaban J connectivity index is 1.47. The number of hydrogen-bond acceptors (Lipinski definition) is 8. The molecule has 0 N–H and O–H groups in total. The van der Waals surface area contributed by atoms with E-state index in [2.05, 4.69) is 15.2 Å². The van der Waals surface area contributed by atoms with Crippen molar-refractivity contribution in [2.24, 2.45) is 5.10 Å². The molecule has 0 fully saturated rings. The topological polar surface area (TPSA) is 97.9 Å². The van der Waals surface area contributed by atoms with Gasteiger partial charge in [-0.2, -0.15) is 26.4 Å². The molecule has 9 heteroatoms. The highest BCUT2D eigenvalue weighted by atomic mass is 32.1. The average Bonchev–Trinajstić information content (AvgIpc) is 3.40. The van der Waals surface area contributed by atoms with Gasteiger partial charge in [-0.1, -0.05) is 17.3 Å². The molecule has 1 aliphatic rings. The van der Waals surface area contributed by atoms with Gasteiger partial charge in [0.05, 0.1) is 5.69 Å². The fourth-order valence-electron chi connectivity index (χ4n) is 2.87. The molecule has 1 amide bonds.